The number of halogens is 1. The number of carbonyl (C=O) groups is 1. The molecule has 0 bridgehead atoms. The molecule has 0 atom stereocenters. The van der Waals surface area contributed by atoms with Crippen LogP contribution >= 0.6 is 11.6 Å². The maximum absolute atomic E-state index is 12.0. The van der Waals surface area contributed by atoms with Crippen LogP contribution in [-0.2, 0) is 27.7 Å². The second-order valence-electron chi connectivity index (χ2n) is 7.94. The fourth-order valence-electron chi connectivity index (χ4n) is 3.40. The molecule has 4 N–H and O–H groups in total. The third kappa shape index (κ3) is 7.73. The van der Waals surface area contributed by atoms with E-state index in [9.17, 15) is 13.2 Å². The molecular weight excluding hydrogens is 470 g/mol. The van der Waals surface area contributed by atoms with Crippen LogP contribution in [0.2, 0.25) is 5.02 Å². The van der Waals surface area contributed by atoms with Crippen LogP contribution in [0.15, 0.2) is 83.9 Å². The van der Waals surface area contributed by atoms with Crippen LogP contribution in [-0.4, -0.2) is 25.9 Å². The zero-order valence-electron chi connectivity index (χ0n) is 18.9. The molecule has 3 aromatic carbocycles. The van der Waals surface area contributed by atoms with Crippen LogP contribution < -0.4 is 10.5 Å². The topological polar surface area (TPSA) is 105 Å². The molecule has 0 aliphatic rings. The van der Waals surface area contributed by atoms with Gasteiger partial charge >= 0.3 is 0 Å². The standard InChI is InChI=1S/C19H19ClN2O.C7H9NO2S/c20-16-8-5-14(6-9-16)11-12-21-19(23)10-7-15-13-22-18-4-2-1-3-17(15)18;1-6-2-4-7(5-3-6)11(8,9)10/h1-6,8-9,13,22H,7,10-12H2,(H,21,23);2-5H,1H3,(H2,8,9,10). The molecule has 178 valence electrons. The minimum atomic E-state index is -3.52. The Morgan fingerprint density at radius 2 is 1.65 bits per heavy atom. The second kappa shape index (κ2) is 11.8. The average Bonchev–Trinajstić information content (AvgIpc) is 3.22. The largest absolute Gasteiger partial charge is 0.361 e. The Morgan fingerprint density at radius 3 is 2.32 bits per heavy atom. The summed E-state index contributed by atoms with van der Waals surface area (Å²) < 4.78 is 21.4. The number of nitrogens with two attached hydrogens (primary N) is 1. The van der Waals surface area contributed by atoms with Crippen molar-refractivity contribution in [2.24, 2.45) is 5.14 Å². The minimum Gasteiger partial charge on any atom is -0.361 e. The van der Waals surface area contributed by atoms with Gasteiger partial charge in [0.05, 0.1) is 4.90 Å². The number of para-hydroxylation sites is 1. The summed E-state index contributed by atoms with van der Waals surface area (Å²) in [5.74, 6) is 0.0873. The first kappa shape index (κ1) is 25.5. The Balaban J connectivity index is 0.000000248. The number of aromatic nitrogens is 1. The molecule has 0 aliphatic carbocycles. The summed E-state index contributed by atoms with van der Waals surface area (Å²) in [6, 6.07) is 22.3. The molecular formula is C26H28ClN3O3S. The molecule has 6 nitrogen and oxygen atoms in total. The highest BCUT2D eigenvalue weighted by Crippen LogP contribution is 2.19. The summed E-state index contributed by atoms with van der Waals surface area (Å²) >= 11 is 5.86. The fourth-order valence-corrected chi connectivity index (χ4v) is 4.04. The molecule has 0 fully saturated rings. The highest BCUT2D eigenvalue weighted by Gasteiger charge is 2.07. The van der Waals surface area contributed by atoms with Gasteiger partial charge in [-0.2, -0.15) is 0 Å². The fraction of sp³-hybridized carbons (Fsp3) is 0.192. The van der Waals surface area contributed by atoms with Crippen LogP contribution in [0, 0.1) is 6.92 Å². The Labute approximate surface area is 205 Å². The first-order valence-corrected chi connectivity index (χ1v) is 12.8. The van der Waals surface area contributed by atoms with E-state index in [1.54, 1.807) is 12.1 Å². The number of hydrogen-bond donors (Lipinski definition) is 3. The lowest BCUT2D eigenvalue weighted by molar-refractivity contribution is -0.121. The summed E-state index contributed by atoms with van der Waals surface area (Å²) in [7, 11) is -3.52. The van der Waals surface area contributed by atoms with Gasteiger partial charge in [0.2, 0.25) is 15.9 Å². The van der Waals surface area contributed by atoms with Crippen LogP contribution in [0.3, 0.4) is 0 Å². The van der Waals surface area contributed by atoms with Crippen molar-refractivity contribution < 1.29 is 13.2 Å². The van der Waals surface area contributed by atoms with Gasteiger partial charge in [-0.3, -0.25) is 4.79 Å². The lowest BCUT2D eigenvalue weighted by Gasteiger charge is -2.05. The first-order valence-electron chi connectivity index (χ1n) is 10.9. The molecule has 34 heavy (non-hydrogen) atoms. The number of hydrogen-bond acceptors (Lipinski definition) is 3. The number of aromatic amines is 1. The summed E-state index contributed by atoms with van der Waals surface area (Å²) in [4.78, 5) is 15.4. The van der Waals surface area contributed by atoms with Crippen molar-refractivity contribution in [1.29, 1.82) is 0 Å². The van der Waals surface area contributed by atoms with E-state index < -0.39 is 10.0 Å². The van der Waals surface area contributed by atoms with Crippen molar-refractivity contribution in [3.05, 3.63) is 101 Å². The second-order valence-corrected chi connectivity index (χ2v) is 9.94. The third-order valence-corrected chi connectivity index (χ3v) is 6.48. The quantitative estimate of drug-likeness (QED) is 0.343. The van der Waals surface area contributed by atoms with Crippen molar-refractivity contribution in [3.63, 3.8) is 0 Å². The van der Waals surface area contributed by atoms with Crippen LogP contribution in [0.1, 0.15) is 23.1 Å². The number of rotatable bonds is 7. The number of aryl methyl sites for hydroxylation is 2. The lowest BCUT2D eigenvalue weighted by atomic mass is 10.1. The van der Waals surface area contributed by atoms with E-state index in [0.29, 0.717) is 13.0 Å². The molecule has 0 saturated carbocycles. The van der Waals surface area contributed by atoms with Crippen LogP contribution in [0.25, 0.3) is 10.9 Å². The molecule has 1 aromatic heterocycles. The van der Waals surface area contributed by atoms with Gasteiger partial charge in [0.15, 0.2) is 0 Å². The Bertz CT molecular complexity index is 1330. The average molecular weight is 498 g/mol. The molecule has 1 heterocycles. The number of fused-ring (bicyclic) bond motifs is 1. The van der Waals surface area contributed by atoms with E-state index in [1.807, 2.05) is 55.6 Å². The molecule has 0 aliphatic heterocycles. The molecule has 4 aromatic rings. The summed E-state index contributed by atoms with van der Waals surface area (Å²) in [6.07, 6.45) is 4.06. The molecule has 0 radical (unpaired) electrons. The van der Waals surface area contributed by atoms with E-state index in [2.05, 4.69) is 16.4 Å². The zero-order chi connectivity index (χ0) is 24.6. The van der Waals surface area contributed by atoms with Crippen molar-refractivity contribution in [1.82, 2.24) is 10.3 Å². The van der Waals surface area contributed by atoms with E-state index >= 15 is 0 Å². The number of sulfonamides is 1. The molecule has 4 rings (SSSR count). The number of H-pyrrole nitrogens is 1. The number of primary sulfonamides is 1. The van der Waals surface area contributed by atoms with Crippen LogP contribution in [0.5, 0.6) is 0 Å². The lowest BCUT2D eigenvalue weighted by Crippen LogP contribution is -2.25. The van der Waals surface area contributed by atoms with E-state index in [4.69, 9.17) is 16.7 Å². The van der Waals surface area contributed by atoms with Gasteiger partial charge in [0.25, 0.3) is 0 Å². The molecule has 8 heteroatoms. The van der Waals surface area contributed by atoms with Gasteiger partial charge in [-0.15, -0.1) is 0 Å². The van der Waals surface area contributed by atoms with Gasteiger partial charge < -0.3 is 10.3 Å². The van der Waals surface area contributed by atoms with E-state index in [0.717, 1.165) is 28.9 Å². The van der Waals surface area contributed by atoms with E-state index in [1.165, 1.54) is 28.6 Å². The smallest absolute Gasteiger partial charge is 0.238 e. The number of carbonyl (C=O) groups excluding carboxylic acids is 1. The zero-order valence-corrected chi connectivity index (χ0v) is 20.5. The maximum Gasteiger partial charge on any atom is 0.238 e. The molecule has 1 amide bonds. The minimum absolute atomic E-state index is 0.0873. The SMILES string of the molecule is Cc1ccc(S(N)(=O)=O)cc1.O=C(CCc1c[nH]c2ccccc12)NCCc1ccc(Cl)cc1. The number of amides is 1. The summed E-state index contributed by atoms with van der Waals surface area (Å²) in [5, 5.41) is 9.78. The highest BCUT2D eigenvalue weighted by atomic mass is 35.5. The van der Waals surface area contributed by atoms with Gasteiger partial charge in [-0.25, -0.2) is 13.6 Å². The molecule has 0 saturated heterocycles. The van der Waals surface area contributed by atoms with Crippen molar-refractivity contribution in [3.8, 4) is 0 Å². The highest BCUT2D eigenvalue weighted by molar-refractivity contribution is 7.89. The van der Waals surface area contributed by atoms with Crippen molar-refractivity contribution in [2.45, 2.75) is 31.1 Å². The summed E-state index contributed by atoms with van der Waals surface area (Å²) in [5.41, 5.74) is 4.49. The van der Waals surface area contributed by atoms with Crippen molar-refractivity contribution >= 4 is 38.4 Å². The van der Waals surface area contributed by atoms with Crippen LogP contribution in [0.4, 0.5) is 0 Å². The maximum atomic E-state index is 12.0. The van der Waals surface area contributed by atoms with Gasteiger partial charge in [-0.1, -0.05) is 59.6 Å². The predicted molar refractivity (Wildman–Crippen MR) is 137 cm³/mol. The normalized spacial score (nSPS) is 11.0. The van der Waals surface area contributed by atoms with Gasteiger partial charge in [-0.05, 0) is 61.2 Å². The third-order valence-electron chi connectivity index (χ3n) is 5.29. The molecule has 0 spiro atoms. The van der Waals surface area contributed by atoms with Gasteiger partial charge in [0, 0.05) is 35.1 Å². The van der Waals surface area contributed by atoms with E-state index in [-0.39, 0.29) is 10.8 Å². The first-order chi connectivity index (χ1) is 16.2. The monoisotopic (exact) mass is 497 g/mol. The Morgan fingerprint density at radius 1 is 0.971 bits per heavy atom. The number of benzene rings is 3. The summed E-state index contributed by atoms with van der Waals surface area (Å²) in [6.45, 7) is 2.53. The van der Waals surface area contributed by atoms with Gasteiger partial charge in [0.1, 0.15) is 0 Å². The Hall–Kier alpha value is -3.13. The number of nitrogens with one attached hydrogen (secondary N) is 2. The Kier molecular flexibility index (Phi) is 8.87. The molecule has 0 unspecified atom stereocenters. The van der Waals surface area contributed by atoms with Crippen molar-refractivity contribution in [2.75, 3.05) is 6.54 Å². The predicted octanol–water partition coefficient (Wildman–Crippen LogP) is 4.76.